The molecule has 2 aromatic rings. The molecular formula is C13H11Cl2NO2. The zero-order chi connectivity index (χ0) is 13.1. The van der Waals surface area contributed by atoms with Crippen molar-refractivity contribution in [3.8, 4) is 17.2 Å². The minimum atomic E-state index is 0.370. The highest BCUT2D eigenvalue weighted by molar-refractivity contribution is 6.42. The van der Waals surface area contributed by atoms with Crippen molar-refractivity contribution < 1.29 is 9.47 Å². The molecule has 0 atom stereocenters. The fourth-order valence-electron chi connectivity index (χ4n) is 1.44. The molecule has 3 nitrogen and oxygen atoms in total. The predicted molar refractivity (Wildman–Crippen MR) is 73.9 cm³/mol. The van der Waals surface area contributed by atoms with Crippen molar-refractivity contribution in [3.05, 3.63) is 46.4 Å². The summed E-state index contributed by atoms with van der Waals surface area (Å²) in [7, 11) is 1.54. The van der Waals surface area contributed by atoms with Crippen LogP contribution in [0.15, 0.2) is 36.4 Å². The van der Waals surface area contributed by atoms with E-state index in [1.165, 1.54) is 0 Å². The number of hydrogen-bond acceptors (Lipinski definition) is 3. The molecule has 0 amide bonds. The molecule has 18 heavy (non-hydrogen) atoms. The van der Waals surface area contributed by atoms with Crippen LogP contribution in [-0.2, 0) is 0 Å². The van der Waals surface area contributed by atoms with Gasteiger partial charge in [-0.25, -0.2) is 0 Å². The zero-order valence-electron chi connectivity index (χ0n) is 9.61. The summed E-state index contributed by atoms with van der Waals surface area (Å²) in [5, 5.41) is 0.812. The second-order valence-electron chi connectivity index (χ2n) is 3.56. The van der Waals surface area contributed by atoms with Gasteiger partial charge in [0, 0.05) is 6.07 Å². The molecular weight excluding hydrogens is 273 g/mol. The summed E-state index contributed by atoms with van der Waals surface area (Å²) in [4.78, 5) is 0. The molecule has 0 saturated heterocycles. The van der Waals surface area contributed by atoms with Gasteiger partial charge >= 0.3 is 0 Å². The Morgan fingerprint density at radius 2 is 1.83 bits per heavy atom. The molecule has 0 aromatic heterocycles. The van der Waals surface area contributed by atoms with E-state index in [-0.39, 0.29) is 0 Å². The molecule has 94 valence electrons. The molecule has 0 unspecified atom stereocenters. The highest BCUT2D eigenvalue weighted by atomic mass is 35.5. The second-order valence-corrected chi connectivity index (χ2v) is 4.34. The molecule has 2 rings (SSSR count). The Morgan fingerprint density at radius 3 is 2.56 bits per heavy atom. The monoisotopic (exact) mass is 283 g/mol. The van der Waals surface area contributed by atoms with Gasteiger partial charge in [-0.2, -0.15) is 0 Å². The van der Waals surface area contributed by atoms with Crippen molar-refractivity contribution in [1.82, 2.24) is 0 Å². The summed E-state index contributed by atoms with van der Waals surface area (Å²) in [5.41, 5.74) is 6.26. The predicted octanol–water partition coefficient (Wildman–Crippen LogP) is 4.38. The lowest BCUT2D eigenvalue weighted by Gasteiger charge is -2.10. The zero-order valence-corrected chi connectivity index (χ0v) is 11.1. The number of anilines is 1. The molecule has 0 fully saturated rings. The van der Waals surface area contributed by atoms with E-state index in [0.717, 1.165) is 0 Å². The first kappa shape index (κ1) is 12.9. The largest absolute Gasteiger partial charge is 0.494 e. The van der Waals surface area contributed by atoms with Crippen LogP contribution in [0.2, 0.25) is 10.0 Å². The van der Waals surface area contributed by atoms with E-state index in [2.05, 4.69) is 0 Å². The van der Waals surface area contributed by atoms with Crippen LogP contribution in [0.25, 0.3) is 0 Å². The first-order valence-corrected chi connectivity index (χ1v) is 5.93. The van der Waals surface area contributed by atoms with Gasteiger partial charge in [0.25, 0.3) is 0 Å². The summed E-state index contributed by atoms with van der Waals surface area (Å²) in [6, 6.07) is 10.3. The molecule has 0 heterocycles. The molecule has 0 aliphatic carbocycles. The maximum Gasteiger partial charge on any atom is 0.147 e. The van der Waals surface area contributed by atoms with E-state index in [0.29, 0.717) is 33.0 Å². The number of ether oxygens (including phenoxy) is 2. The summed E-state index contributed by atoms with van der Waals surface area (Å²) >= 11 is 11.9. The quantitative estimate of drug-likeness (QED) is 0.851. The van der Waals surface area contributed by atoms with Crippen LogP contribution >= 0.6 is 23.2 Å². The number of nitrogen functional groups attached to an aromatic ring is 1. The van der Waals surface area contributed by atoms with Crippen LogP contribution in [0.3, 0.4) is 0 Å². The van der Waals surface area contributed by atoms with Gasteiger partial charge in [-0.3, -0.25) is 0 Å². The fraction of sp³-hybridized carbons (Fsp3) is 0.0769. The number of halogens is 2. The standard InChI is InChI=1S/C13H11Cl2NO2/c1-17-12-7-8(5-6-10(12)16)18-11-4-2-3-9(14)13(11)15/h2-7H,16H2,1H3. The fourth-order valence-corrected chi connectivity index (χ4v) is 1.78. The lowest BCUT2D eigenvalue weighted by molar-refractivity contribution is 0.411. The van der Waals surface area contributed by atoms with Gasteiger partial charge in [-0.05, 0) is 24.3 Å². The second kappa shape index (κ2) is 5.38. The summed E-state index contributed by atoms with van der Waals surface area (Å²) < 4.78 is 10.7. The van der Waals surface area contributed by atoms with Crippen LogP contribution in [0.5, 0.6) is 17.2 Å². The van der Waals surface area contributed by atoms with Gasteiger partial charge in [0.2, 0.25) is 0 Å². The van der Waals surface area contributed by atoms with E-state index in [1.54, 1.807) is 43.5 Å². The Bertz CT molecular complexity index is 573. The lowest BCUT2D eigenvalue weighted by Crippen LogP contribution is -1.93. The third-order valence-corrected chi connectivity index (χ3v) is 3.15. The maximum atomic E-state index is 6.04. The normalized spacial score (nSPS) is 10.2. The maximum absolute atomic E-state index is 6.04. The van der Waals surface area contributed by atoms with E-state index in [4.69, 9.17) is 38.4 Å². The van der Waals surface area contributed by atoms with E-state index >= 15 is 0 Å². The number of methoxy groups -OCH3 is 1. The Balaban J connectivity index is 2.31. The number of nitrogens with two attached hydrogens (primary N) is 1. The van der Waals surface area contributed by atoms with Crippen LogP contribution in [0.4, 0.5) is 5.69 Å². The van der Waals surface area contributed by atoms with Crippen molar-refractivity contribution in [3.63, 3.8) is 0 Å². The summed E-state index contributed by atoms with van der Waals surface area (Å²) in [5.74, 6) is 1.60. The summed E-state index contributed by atoms with van der Waals surface area (Å²) in [6.07, 6.45) is 0. The average molecular weight is 284 g/mol. The van der Waals surface area contributed by atoms with Gasteiger partial charge in [0.05, 0.1) is 17.8 Å². The third-order valence-electron chi connectivity index (χ3n) is 2.35. The van der Waals surface area contributed by atoms with E-state index in [9.17, 15) is 0 Å². The van der Waals surface area contributed by atoms with Gasteiger partial charge < -0.3 is 15.2 Å². The van der Waals surface area contributed by atoms with Crippen molar-refractivity contribution in [2.75, 3.05) is 12.8 Å². The van der Waals surface area contributed by atoms with Crippen LogP contribution in [0.1, 0.15) is 0 Å². The highest BCUT2D eigenvalue weighted by Gasteiger charge is 2.08. The highest BCUT2D eigenvalue weighted by Crippen LogP contribution is 2.36. The molecule has 0 spiro atoms. The molecule has 0 aliphatic heterocycles. The van der Waals surface area contributed by atoms with Crippen molar-refractivity contribution >= 4 is 28.9 Å². The number of rotatable bonds is 3. The van der Waals surface area contributed by atoms with Gasteiger partial charge in [-0.1, -0.05) is 29.3 Å². The van der Waals surface area contributed by atoms with Crippen molar-refractivity contribution in [1.29, 1.82) is 0 Å². The molecule has 0 aliphatic rings. The summed E-state index contributed by atoms with van der Waals surface area (Å²) in [6.45, 7) is 0. The first-order chi connectivity index (χ1) is 8.61. The van der Waals surface area contributed by atoms with Gasteiger partial charge in [-0.15, -0.1) is 0 Å². The van der Waals surface area contributed by atoms with Crippen LogP contribution in [0, 0.1) is 0 Å². The molecule has 0 bridgehead atoms. The molecule has 5 heteroatoms. The minimum Gasteiger partial charge on any atom is -0.494 e. The van der Waals surface area contributed by atoms with Crippen molar-refractivity contribution in [2.45, 2.75) is 0 Å². The Hall–Kier alpha value is -1.58. The van der Waals surface area contributed by atoms with Crippen LogP contribution in [-0.4, -0.2) is 7.11 Å². The average Bonchev–Trinajstić information content (AvgIpc) is 2.37. The van der Waals surface area contributed by atoms with Gasteiger partial charge in [0.15, 0.2) is 0 Å². The van der Waals surface area contributed by atoms with Gasteiger partial charge in [0.1, 0.15) is 22.3 Å². The lowest BCUT2D eigenvalue weighted by atomic mass is 10.3. The number of hydrogen-bond donors (Lipinski definition) is 1. The smallest absolute Gasteiger partial charge is 0.147 e. The SMILES string of the molecule is COc1cc(Oc2cccc(Cl)c2Cl)ccc1N. The Labute approximate surface area is 115 Å². The minimum absolute atomic E-state index is 0.370. The third kappa shape index (κ3) is 2.63. The molecule has 2 aromatic carbocycles. The van der Waals surface area contributed by atoms with E-state index in [1.807, 2.05) is 0 Å². The number of benzene rings is 2. The van der Waals surface area contributed by atoms with E-state index < -0.39 is 0 Å². The van der Waals surface area contributed by atoms with Crippen LogP contribution < -0.4 is 15.2 Å². The first-order valence-electron chi connectivity index (χ1n) is 5.17. The topological polar surface area (TPSA) is 44.5 Å². The Kier molecular flexibility index (Phi) is 3.84. The van der Waals surface area contributed by atoms with Crippen molar-refractivity contribution in [2.24, 2.45) is 0 Å². The Morgan fingerprint density at radius 1 is 1.06 bits per heavy atom. The molecule has 2 N–H and O–H groups in total. The molecule has 0 saturated carbocycles. The molecule has 0 radical (unpaired) electrons.